The number of carbonyl (C=O) groups excluding carboxylic acids is 2. The lowest BCUT2D eigenvalue weighted by Crippen LogP contribution is -2.37. The number of rotatable bonds is 62. The van der Waals surface area contributed by atoms with Crippen LogP contribution in [0.25, 0.3) is 0 Å². The second-order valence-corrected chi connectivity index (χ2v) is 25.2. The zero-order valence-corrected chi connectivity index (χ0v) is 55.7. The summed E-state index contributed by atoms with van der Waals surface area (Å²) in [6, 6.07) is 0. The summed E-state index contributed by atoms with van der Waals surface area (Å²) in [5, 5.41) is 0. The highest BCUT2D eigenvalue weighted by atomic mass is 31.2. The fourth-order valence-electron chi connectivity index (χ4n) is 9.30. The molecule has 0 fully saturated rings. The van der Waals surface area contributed by atoms with E-state index in [9.17, 15) is 19.0 Å². The van der Waals surface area contributed by atoms with Crippen LogP contribution >= 0.6 is 7.82 Å². The summed E-state index contributed by atoms with van der Waals surface area (Å²) >= 11 is 0. The van der Waals surface area contributed by atoms with Gasteiger partial charge in [-0.05, 0) is 103 Å². The van der Waals surface area contributed by atoms with Gasteiger partial charge in [0.2, 0.25) is 0 Å². The predicted octanol–water partition coefficient (Wildman–Crippen LogP) is 21.6. The first kappa shape index (κ1) is 80.4. The van der Waals surface area contributed by atoms with Gasteiger partial charge in [-0.2, -0.15) is 0 Å². The Kier molecular flexibility index (Phi) is 61.2. The van der Waals surface area contributed by atoms with Crippen molar-refractivity contribution in [3.63, 3.8) is 0 Å². The fourth-order valence-corrected chi connectivity index (χ4v) is 10.0. The molecule has 2 unspecified atom stereocenters. The van der Waals surface area contributed by atoms with Crippen LogP contribution in [0.4, 0.5) is 0 Å². The highest BCUT2D eigenvalue weighted by Crippen LogP contribution is 2.38. The second-order valence-electron chi connectivity index (χ2n) is 23.8. The Hall–Kier alpha value is -3.59. The molecule has 0 spiro atoms. The largest absolute Gasteiger partial charge is 0.756 e. The minimum Gasteiger partial charge on any atom is -0.756 e. The van der Waals surface area contributed by atoms with E-state index in [1.807, 2.05) is 21.1 Å². The monoisotopic (exact) mass is 1190 g/mol. The average molecular weight is 1190 g/mol. The third kappa shape index (κ3) is 67.5. The predicted molar refractivity (Wildman–Crippen MR) is 360 cm³/mol. The van der Waals surface area contributed by atoms with Crippen molar-refractivity contribution in [2.24, 2.45) is 0 Å². The molecule has 2 atom stereocenters. The number of quaternary nitrogens is 1. The van der Waals surface area contributed by atoms with Crippen LogP contribution in [0.15, 0.2) is 122 Å². The van der Waals surface area contributed by atoms with Crippen molar-refractivity contribution in [2.75, 3.05) is 47.5 Å². The van der Waals surface area contributed by atoms with Crippen molar-refractivity contribution in [1.82, 2.24) is 0 Å². The third-order valence-corrected chi connectivity index (χ3v) is 15.4. The Morgan fingerprint density at radius 3 is 0.952 bits per heavy atom. The van der Waals surface area contributed by atoms with Crippen LogP contribution in [0.5, 0.6) is 0 Å². The summed E-state index contributed by atoms with van der Waals surface area (Å²) in [6.07, 6.45) is 91.3. The molecule has 0 amide bonds. The summed E-state index contributed by atoms with van der Waals surface area (Å²) in [4.78, 5) is 38.1. The van der Waals surface area contributed by atoms with E-state index < -0.39 is 26.5 Å². The normalized spacial score (nSPS) is 13.9. The molecule has 0 bridgehead atoms. The summed E-state index contributed by atoms with van der Waals surface area (Å²) in [5.41, 5.74) is 0. The maximum Gasteiger partial charge on any atom is 0.306 e. The van der Waals surface area contributed by atoms with Crippen LogP contribution < -0.4 is 4.89 Å². The fraction of sp³-hybridized carbons (Fsp3) is 0.703. The SMILES string of the molecule is CC/C=C\C/C=C\C/C=C\C/C=C\C/C=C\C/C=C\CCCCCCCCCCC(=O)OC(COC(=O)CCCCCCCCCCCCCCCCCCCCCC/C=C\C/C=C\C/C=C\C/C=C\CC)COP(=O)([O-])OCC[N+](C)(C)C. The number of phosphoric acid groups is 1. The number of hydrogen-bond acceptors (Lipinski definition) is 8. The molecule has 0 aliphatic carbocycles. The molecule has 84 heavy (non-hydrogen) atoms. The maximum absolute atomic E-state index is 12.9. The maximum atomic E-state index is 12.9. The topological polar surface area (TPSA) is 111 Å². The number of unbranched alkanes of at least 4 members (excludes halogenated alkanes) is 28. The number of hydrogen-bond donors (Lipinski definition) is 0. The minimum atomic E-state index is -4.65. The van der Waals surface area contributed by atoms with E-state index in [4.69, 9.17) is 18.5 Å². The van der Waals surface area contributed by atoms with Gasteiger partial charge >= 0.3 is 11.9 Å². The van der Waals surface area contributed by atoms with E-state index in [2.05, 4.69) is 135 Å². The molecular formula is C74H128NO8P. The Morgan fingerprint density at radius 2 is 0.643 bits per heavy atom. The van der Waals surface area contributed by atoms with Crippen LogP contribution in [-0.2, 0) is 32.7 Å². The van der Waals surface area contributed by atoms with E-state index in [1.165, 1.54) is 141 Å². The van der Waals surface area contributed by atoms with Gasteiger partial charge in [0.1, 0.15) is 19.8 Å². The van der Waals surface area contributed by atoms with Crippen LogP contribution in [0.1, 0.15) is 284 Å². The Bertz CT molecular complexity index is 1830. The van der Waals surface area contributed by atoms with Crippen molar-refractivity contribution in [3.05, 3.63) is 122 Å². The van der Waals surface area contributed by atoms with E-state index in [0.29, 0.717) is 17.4 Å². The van der Waals surface area contributed by atoms with Gasteiger partial charge in [0.25, 0.3) is 7.82 Å². The van der Waals surface area contributed by atoms with E-state index in [1.54, 1.807) is 0 Å². The Labute approximate surface area is 518 Å². The molecule has 0 aromatic rings. The third-order valence-electron chi connectivity index (χ3n) is 14.5. The highest BCUT2D eigenvalue weighted by Gasteiger charge is 2.22. The van der Waals surface area contributed by atoms with Crippen LogP contribution in [0, 0.1) is 0 Å². The van der Waals surface area contributed by atoms with E-state index in [0.717, 1.165) is 109 Å². The minimum absolute atomic E-state index is 0.0369. The number of allylic oxidation sites excluding steroid dienone is 20. The lowest BCUT2D eigenvalue weighted by Gasteiger charge is -2.28. The number of likely N-dealkylation sites (N-methyl/N-ethyl adjacent to an activating group) is 1. The molecule has 0 aliphatic heterocycles. The quantitative estimate of drug-likeness (QED) is 0.0195. The van der Waals surface area contributed by atoms with Crippen LogP contribution in [-0.4, -0.2) is 70.0 Å². The van der Waals surface area contributed by atoms with Gasteiger partial charge in [-0.3, -0.25) is 14.2 Å². The number of ether oxygens (including phenoxy) is 2. The number of phosphoric ester groups is 1. The molecule has 0 aliphatic rings. The molecule has 9 nitrogen and oxygen atoms in total. The van der Waals surface area contributed by atoms with Crippen molar-refractivity contribution in [1.29, 1.82) is 0 Å². The molecule has 0 saturated carbocycles. The van der Waals surface area contributed by atoms with Gasteiger partial charge in [0.15, 0.2) is 6.10 Å². The summed E-state index contributed by atoms with van der Waals surface area (Å²) in [5.74, 6) is -0.840. The Morgan fingerprint density at radius 1 is 0.369 bits per heavy atom. The second kappa shape index (κ2) is 63.9. The molecule has 0 saturated heterocycles. The molecule has 0 rings (SSSR count). The number of esters is 2. The zero-order valence-electron chi connectivity index (χ0n) is 54.8. The Balaban J connectivity index is 4.07. The molecular weight excluding hydrogens is 1060 g/mol. The van der Waals surface area contributed by atoms with Crippen molar-refractivity contribution < 1.29 is 42.1 Å². The van der Waals surface area contributed by atoms with Gasteiger partial charge in [-0.1, -0.05) is 289 Å². The van der Waals surface area contributed by atoms with Gasteiger partial charge in [0, 0.05) is 12.8 Å². The first-order valence-corrected chi connectivity index (χ1v) is 35.7. The lowest BCUT2D eigenvalue weighted by molar-refractivity contribution is -0.870. The van der Waals surface area contributed by atoms with Crippen LogP contribution in [0.2, 0.25) is 0 Å². The van der Waals surface area contributed by atoms with Crippen LogP contribution in [0.3, 0.4) is 0 Å². The van der Waals surface area contributed by atoms with Gasteiger partial charge in [-0.25, -0.2) is 0 Å². The number of nitrogens with zero attached hydrogens (tertiary/aromatic N) is 1. The van der Waals surface area contributed by atoms with Crippen molar-refractivity contribution >= 4 is 19.8 Å². The average Bonchev–Trinajstić information content (AvgIpc) is 3.61. The van der Waals surface area contributed by atoms with Crippen molar-refractivity contribution in [2.45, 2.75) is 290 Å². The summed E-state index contributed by atoms with van der Waals surface area (Å²) in [7, 11) is 1.15. The molecule has 0 N–H and O–H groups in total. The summed E-state index contributed by atoms with van der Waals surface area (Å²) in [6.45, 7) is 4.02. The smallest absolute Gasteiger partial charge is 0.306 e. The first-order chi connectivity index (χ1) is 41.0. The molecule has 0 heterocycles. The van der Waals surface area contributed by atoms with Gasteiger partial charge in [0.05, 0.1) is 27.7 Å². The highest BCUT2D eigenvalue weighted by molar-refractivity contribution is 7.45. The molecule has 10 heteroatoms. The first-order valence-electron chi connectivity index (χ1n) is 34.2. The summed E-state index contributed by atoms with van der Waals surface area (Å²) < 4.78 is 34.3. The van der Waals surface area contributed by atoms with E-state index in [-0.39, 0.29) is 32.0 Å². The van der Waals surface area contributed by atoms with Gasteiger partial charge < -0.3 is 27.9 Å². The number of carbonyl (C=O) groups is 2. The zero-order chi connectivity index (χ0) is 61.2. The van der Waals surface area contributed by atoms with Crippen molar-refractivity contribution in [3.8, 4) is 0 Å². The van der Waals surface area contributed by atoms with Gasteiger partial charge in [-0.15, -0.1) is 0 Å². The molecule has 0 radical (unpaired) electrons. The van der Waals surface area contributed by atoms with E-state index >= 15 is 0 Å². The molecule has 0 aromatic carbocycles. The standard InChI is InChI=1S/C74H128NO8P/c1-6-8-10-12-14-16-18-20-22-24-26-28-30-32-34-35-36-37-38-39-41-42-44-46-48-50-52-54-56-58-60-62-64-66-73(76)80-70-72(71-82-84(78,79)81-69-68-75(3,4)5)83-74(77)67-65-63-61-59-57-55-53-51-49-47-45-43-40-33-31-29-27-25-23-21-19-17-15-13-11-9-7-2/h8-11,14-17,20-23,26-29,33,40,45,47,72H,6-7,12-13,18-19,24-25,30-32,34-39,41-44,46,48-71H2,1-5H3/b10-8-,11-9-,16-14-,17-15-,22-20-,23-21-,28-26-,29-27-,40-33-,47-45-. The lowest BCUT2D eigenvalue weighted by atomic mass is 10.0. The molecule has 482 valence electrons. The molecule has 0 aromatic heterocycles.